The Balaban J connectivity index is 1.30. The number of carbonyl (C=O) groups is 2. The van der Waals surface area contributed by atoms with Gasteiger partial charge in [-0.05, 0) is 67.3 Å². The van der Waals surface area contributed by atoms with Crippen LogP contribution in [0.1, 0.15) is 53.0 Å². The number of aliphatic imine (C=N–C) groups is 1. The largest absolute Gasteiger partial charge is 0.386 e. The van der Waals surface area contributed by atoms with Crippen LogP contribution in [0.5, 0.6) is 0 Å². The number of hydrogen-bond acceptors (Lipinski definition) is 6. The van der Waals surface area contributed by atoms with E-state index < -0.39 is 11.4 Å². The number of fused-ring (bicyclic) bond motifs is 1. The molecular formula is C31H32FN5O3. The average Bonchev–Trinajstić information content (AvgIpc) is 3.58. The molecule has 1 aromatic heterocycles. The zero-order valence-corrected chi connectivity index (χ0v) is 22.6. The molecule has 9 heteroatoms. The van der Waals surface area contributed by atoms with Gasteiger partial charge in [-0.25, -0.2) is 4.39 Å². The third-order valence-corrected chi connectivity index (χ3v) is 7.31. The fourth-order valence-electron chi connectivity index (χ4n) is 5.10. The predicted octanol–water partition coefficient (Wildman–Crippen LogP) is 3.68. The molecule has 0 bridgehead atoms. The van der Waals surface area contributed by atoms with Gasteiger partial charge in [0.05, 0.1) is 17.8 Å². The van der Waals surface area contributed by atoms with Gasteiger partial charge in [0.2, 0.25) is 5.91 Å². The minimum Gasteiger partial charge on any atom is -0.386 e. The smallest absolute Gasteiger partial charge is 0.251 e. The molecule has 3 aromatic rings. The molecule has 0 spiro atoms. The lowest BCUT2D eigenvalue weighted by Gasteiger charge is -2.21. The molecule has 2 aliphatic rings. The third-order valence-electron chi connectivity index (χ3n) is 7.31. The normalized spacial score (nSPS) is 16.4. The molecule has 2 amide bonds. The summed E-state index contributed by atoms with van der Waals surface area (Å²) in [5, 5.41) is 15.8. The lowest BCUT2D eigenvalue weighted by atomic mass is 9.97. The number of carbonyl (C=O) groups excluding carboxylic acids is 2. The van der Waals surface area contributed by atoms with Crippen LogP contribution in [0.4, 0.5) is 4.39 Å². The minimum absolute atomic E-state index is 0.00349. The summed E-state index contributed by atoms with van der Waals surface area (Å²) in [6.07, 6.45) is 3.77. The van der Waals surface area contributed by atoms with Crippen LogP contribution in [-0.4, -0.2) is 51.8 Å². The Bertz CT molecular complexity index is 1490. The van der Waals surface area contributed by atoms with Crippen molar-refractivity contribution in [3.05, 3.63) is 101 Å². The number of nitrogens with zero attached hydrogens (tertiary/aromatic N) is 3. The van der Waals surface area contributed by atoms with Crippen molar-refractivity contribution < 1.29 is 19.1 Å². The van der Waals surface area contributed by atoms with Gasteiger partial charge in [0.15, 0.2) is 0 Å². The summed E-state index contributed by atoms with van der Waals surface area (Å²) < 4.78 is 15.2. The Morgan fingerprint density at radius 1 is 1.20 bits per heavy atom. The van der Waals surface area contributed by atoms with Gasteiger partial charge in [0.1, 0.15) is 11.7 Å². The first-order chi connectivity index (χ1) is 19.1. The second kappa shape index (κ2) is 11.0. The van der Waals surface area contributed by atoms with Crippen molar-refractivity contribution in [2.45, 2.75) is 45.0 Å². The number of aliphatic hydroxyl groups is 1. The van der Waals surface area contributed by atoms with Crippen LogP contribution in [0.15, 0.2) is 72.4 Å². The maximum atomic E-state index is 15.2. The highest BCUT2D eigenvalue weighted by atomic mass is 19.1. The van der Waals surface area contributed by atoms with Gasteiger partial charge >= 0.3 is 0 Å². The topological polar surface area (TPSA) is 107 Å². The first kappa shape index (κ1) is 27.2. The highest BCUT2D eigenvalue weighted by Gasteiger charge is 2.31. The third kappa shape index (κ3) is 5.65. The molecule has 0 radical (unpaired) electrons. The average molecular weight is 542 g/mol. The number of nitrogens with one attached hydrogen (secondary N) is 2. The number of pyridine rings is 1. The van der Waals surface area contributed by atoms with E-state index in [1.807, 2.05) is 12.1 Å². The number of amides is 2. The standard InChI is InChI=1S/C31H32FN5O3/c1-4-27(38)36-23-12-14-37(18-23)29-28-24(11-13-33-26(28)17-34-29)20-5-6-21(25(32)15-20)16-35-30(39)19-7-9-22(10-8-19)31(2,3)40/h4-11,13,15,23,40H,1,12,14,16-18H2,2-3H3,(H,35,39)(H,36,38)/t23-/m1/s1. The fourth-order valence-corrected chi connectivity index (χ4v) is 5.10. The summed E-state index contributed by atoms with van der Waals surface area (Å²) in [5.41, 5.74) is 3.74. The zero-order valence-electron chi connectivity index (χ0n) is 22.6. The van der Waals surface area contributed by atoms with Gasteiger partial charge in [0, 0.05) is 48.6 Å². The van der Waals surface area contributed by atoms with E-state index in [9.17, 15) is 14.7 Å². The lowest BCUT2D eigenvalue weighted by Crippen LogP contribution is -2.37. The van der Waals surface area contributed by atoms with E-state index in [0.29, 0.717) is 35.3 Å². The number of amidine groups is 1. The quantitative estimate of drug-likeness (QED) is 0.396. The van der Waals surface area contributed by atoms with E-state index in [1.54, 1.807) is 50.4 Å². The van der Waals surface area contributed by atoms with E-state index in [-0.39, 0.29) is 24.4 Å². The Hall–Kier alpha value is -4.37. The number of rotatable bonds is 7. The molecule has 40 heavy (non-hydrogen) atoms. The van der Waals surface area contributed by atoms with E-state index in [1.165, 1.54) is 12.1 Å². The molecule has 1 saturated heterocycles. The molecule has 0 aliphatic carbocycles. The van der Waals surface area contributed by atoms with E-state index >= 15 is 4.39 Å². The molecule has 1 atom stereocenters. The molecule has 3 heterocycles. The van der Waals surface area contributed by atoms with Crippen molar-refractivity contribution in [2.75, 3.05) is 13.1 Å². The molecule has 0 unspecified atom stereocenters. The monoisotopic (exact) mass is 541 g/mol. The van der Waals surface area contributed by atoms with Crippen molar-refractivity contribution in [1.82, 2.24) is 20.5 Å². The van der Waals surface area contributed by atoms with Crippen molar-refractivity contribution in [1.29, 1.82) is 0 Å². The Morgan fingerprint density at radius 3 is 2.67 bits per heavy atom. The first-order valence-electron chi connectivity index (χ1n) is 13.2. The predicted molar refractivity (Wildman–Crippen MR) is 151 cm³/mol. The second-order valence-electron chi connectivity index (χ2n) is 10.6. The van der Waals surface area contributed by atoms with Gasteiger partial charge in [-0.1, -0.05) is 30.8 Å². The lowest BCUT2D eigenvalue weighted by molar-refractivity contribution is -0.117. The minimum atomic E-state index is -0.999. The molecule has 1 fully saturated rings. The van der Waals surface area contributed by atoms with Gasteiger partial charge < -0.3 is 20.6 Å². The van der Waals surface area contributed by atoms with Crippen LogP contribution in [-0.2, 0) is 23.5 Å². The van der Waals surface area contributed by atoms with E-state index in [2.05, 4.69) is 27.1 Å². The molecule has 0 saturated carbocycles. The Labute approximate surface area is 232 Å². The van der Waals surface area contributed by atoms with Gasteiger partial charge in [0.25, 0.3) is 5.91 Å². The molecule has 2 aliphatic heterocycles. The summed E-state index contributed by atoms with van der Waals surface area (Å²) in [6, 6.07) is 13.5. The van der Waals surface area contributed by atoms with Crippen LogP contribution in [0.25, 0.3) is 11.1 Å². The number of likely N-dealkylation sites (tertiary alicyclic amines) is 1. The number of hydrogen-bond donors (Lipinski definition) is 3. The summed E-state index contributed by atoms with van der Waals surface area (Å²) in [7, 11) is 0. The van der Waals surface area contributed by atoms with Gasteiger partial charge in [-0.3, -0.25) is 19.6 Å². The molecule has 5 rings (SSSR count). The van der Waals surface area contributed by atoms with E-state index in [0.717, 1.165) is 35.6 Å². The highest BCUT2D eigenvalue weighted by molar-refractivity contribution is 6.07. The fraction of sp³-hybridized carbons (Fsp3) is 0.290. The van der Waals surface area contributed by atoms with Crippen LogP contribution in [0.3, 0.4) is 0 Å². The maximum absolute atomic E-state index is 15.2. The first-order valence-corrected chi connectivity index (χ1v) is 13.2. The number of aromatic nitrogens is 1. The second-order valence-corrected chi connectivity index (χ2v) is 10.6. The van der Waals surface area contributed by atoms with Crippen LogP contribution < -0.4 is 10.6 Å². The maximum Gasteiger partial charge on any atom is 0.251 e. The van der Waals surface area contributed by atoms with Crippen molar-refractivity contribution in [2.24, 2.45) is 4.99 Å². The summed E-state index contributed by atoms with van der Waals surface area (Å²) in [6.45, 7) is 8.71. The van der Waals surface area contributed by atoms with Gasteiger partial charge in [-0.2, -0.15) is 0 Å². The summed E-state index contributed by atoms with van der Waals surface area (Å²) >= 11 is 0. The van der Waals surface area contributed by atoms with Crippen molar-refractivity contribution >= 4 is 17.6 Å². The Morgan fingerprint density at radius 2 is 1.98 bits per heavy atom. The van der Waals surface area contributed by atoms with Crippen LogP contribution in [0, 0.1) is 5.82 Å². The van der Waals surface area contributed by atoms with Crippen molar-refractivity contribution in [3.8, 4) is 11.1 Å². The van der Waals surface area contributed by atoms with Crippen LogP contribution in [0.2, 0.25) is 0 Å². The molecule has 8 nitrogen and oxygen atoms in total. The molecular weight excluding hydrogens is 509 g/mol. The zero-order chi connectivity index (χ0) is 28.4. The van der Waals surface area contributed by atoms with Crippen LogP contribution >= 0.6 is 0 Å². The highest BCUT2D eigenvalue weighted by Crippen LogP contribution is 2.32. The van der Waals surface area contributed by atoms with E-state index in [4.69, 9.17) is 4.99 Å². The van der Waals surface area contributed by atoms with Gasteiger partial charge in [-0.15, -0.1) is 0 Å². The molecule has 2 aromatic carbocycles. The summed E-state index contributed by atoms with van der Waals surface area (Å²) in [5.74, 6) is -0.142. The molecule has 206 valence electrons. The summed E-state index contributed by atoms with van der Waals surface area (Å²) in [4.78, 5) is 35.7. The van der Waals surface area contributed by atoms with Crippen molar-refractivity contribution in [3.63, 3.8) is 0 Å². The molecule has 3 N–H and O–H groups in total. The Kier molecular flexibility index (Phi) is 7.49. The number of benzene rings is 2. The SMILES string of the molecule is C=CC(=O)N[C@@H]1CCN(C2=NCc3nccc(-c4ccc(CNC(=O)c5ccc(C(C)(C)O)cc5)c(F)c4)c32)C1. The number of halogens is 1.